The molecule has 0 fully saturated rings. The third-order valence-corrected chi connectivity index (χ3v) is 5.96. The van der Waals surface area contributed by atoms with Crippen molar-refractivity contribution >= 4 is 39.3 Å². The number of anilines is 1. The first kappa shape index (κ1) is 21.6. The molecule has 0 aliphatic heterocycles. The molecule has 2 aromatic carbocycles. The second-order valence-corrected chi connectivity index (χ2v) is 8.82. The van der Waals surface area contributed by atoms with Crippen LogP contribution in [0.3, 0.4) is 0 Å². The minimum Gasteiger partial charge on any atom is -0.325 e. The van der Waals surface area contributed by atoms with E-state index in [1.54, 1.807) is 0 Å². The van der Waals surface area contributed by atoms with Crippen molar-refractivity contribution < 1.29 is 4.79 Å². The van der Waals surface area contributed by atoms with Crippen molar-refractivity contribution in [2.45, 2.75) is 45.3 Å². The summed E-state index contributed by atoms with van der Waals surface area (Å²) < 4.78 is 3.14. The number of benzene rings is 2. The molecular formula is C22H25BrN4OS. The van der Waals surface area contributed by atoms with Crippen molar-refractivity contribution in [3.8, 4) is 0 Å². The molecule has 0 aliphatic rings. The number of amides is 1. The van der Waals surface area contributed by atoms with Gasteiger partial charge in [-0.2, -0.15) is 0 Å². The molecule has 152 valence electrons. The zero-order valence-corrected chi connectivity index (χ0v) is 19.3. The minimum absolute atomic E-state index is 0.0424. The number of carbonyl (C=O) groups is 1. The van der Waals surface area contributed by atoms with Crippen LogP contribution in [0.1, 0.15) is 35.9 Å². The Morgan fingerprint density at radius 1 is 1.14 bits per heavy atom. The fourth-order valence-corrected chi connectivity index (χ4v) is 4.67. The molecule has 0 radical (unpaired) electrons. The minimum atomic E-state index is -0.0424. The summed E-state index contributed by atoms with van der Waals surface area (Å²) in [6, 6.07) is 14.3. The Balaban J connectivity index is 1.68. The summed E-state index contributed by atoms with van der Waals surface area (Å²) in [6.45, 7) is 6.96. The van der Waals surface area contributed by atoms with Crippen molar-refractivity contribution in [3.05, 3.63) is 69.5 Å². The van der Waals surface area contributed by atoms with E-state index in [-0.39, 0.29) is 5.91 Å². The van der Waals surface area contributed by atoms with Gasteiger partial charge >= 0.3 is 0 Å². The lowest BCUT2D eigenvalue weighted by Gasteiger charge is -2.12. The molecule has 1 amide bonds. The number of aryl methyl sites for hydroxylation is 2. The van der Waals surface area contributed by atoms with Gasteiger partial charge in [-0.25, -0.2) is 0 Å². The molecule has 1 heterocycles. The normalized spacial score (nSPS) is 10.9. The molecule has 0 bridgehead atoms. The number of thioether (sulfide) groups is 1. The van der Waals surface area contributed by atoms with E-state index in [9.17, 15) is 4.79 Å². The van der Waals surface area contributed by atoms with Gasteiger partial charge in [-0.3, -0.25) is 4.79 Å². The lowest BCUT2D eigenvalue weighted by molar-refractivity contribution is -0.113. The largest absolute Gasteiger partial charge is 0.325 e. The first-order valence-corrected chi connectivity index (χ1v) is 11.4. The molecule has 29 heavy (non-hydrogen) atoms. The lowest BCUT2D eigenvalue weighted by atomic mass is 10.1. The van der Waals surface area contributed by atoms with Crippen molar-refractivity contribution in [2.75, 3.05) is 11.1 Å². The smallest absolute Gasteiger partial charge is 0.234 e. The monoisotopic (exact) mass is 472 g/mol. The van der Waals surface area contributed by atoms with Gasteiger partial charge in [-0.1, -0.05) is 64.9 Å². The first-order valence-electron chi connectivity index (χ1n) is 9.63. The average Bonchev–Trinajstić information content (AvgIpc) is 3.05. The zero-order chi connectivity index (χ0) is 20.8. The Hall–Kier alpha value is -2.12. The topological polar surface area (TPSA) is 59.8 Å². The molecule has 0 aliphatic carbocycles. The number of carbonyl (C=O) groups excluding carboxylic acids is 1. The van der Waals surface area contributed by atoms with E-state index in [1.807, 2.05) is 44.2 Å². The molecule has 7 heteroatoms. The fourth-order valence-electron chi connectivity index (χ4n) is 3.20. The molecule has 0 saturated heterocycles. The summed E-state index contributed by atoms with van der Waals surface area (Å²) in [6.07, 6.45) is 1.72. The number of aromatic nitrogens is 3. The molecule has 0 unspecified atom stereocenters. The van der Waals surface area contributed by atoms with Crippen LogP contribution in [0, 0.1) is 13.8 Å². The summed E-state index contributed by atoms with van der Waals surface area (Å²) in [5, 5.41) is 12.6. The van der Waals surface area contributed by atoms with Crippen molar-refractivity contribution in [1.29, 1.82) is 0 Å². The second-order valence-electron chi connectivity index (χ2n) is 6.96. The molecule has 1 N–H and O–H groups in total. The van der Waals surface area contributed by atoms with Crippen LogP contribution in [0.25, 0.3) is 0 Å². The van der Waals surface area contributed by atoms with Gasteiger partial charge < -0.3 is 9.88 Å². The Kier molecular flexibility index (Phi) is 7.50. The van der Waals surface area contributed by atoms with Crippen LogP contribution >= 0.6 is 27.7 Å². The summed E-state index contributed by atoms with van der Waals surface area (Å²) in [7, 11) is 0. The van der Waals surface area contributed by atoms with E-state index in [0.29, 0.717) is 5.75 Å². The van der Waals surface area contributed by atoms with Crippen LogP contribution in [0.5, 0.6) is 0 Å². The highest BCUT2D eigenvalue weighted by Crippen LogP contribution is 2.26. The quantitative estimate of drug-likeness (QED) is 0.446. The van der Waals surface area contributed by atoms with Crippen LogP contribution < -0.4 is 5.32 Å². The van der Waals surface area contributed by atoms with Crippen LogP contribution in [-0.2, 0) is 17.8 Å². The van der Waals surface area contributed by atoms with Gasteiger partial charge in [0, 0.05) is 23.1 Å². The van der Waals surface area contributed by atoms with E-state index in [4.69, 9.17) is 0 Å². The fraction of sp³-hybridized carbons (Fsp3) is 0.318. The average molecular weight is 473 g/mol. The second kappa shape index (κ2) is 10.1. The molecule has 5 nitrogen and oxygen atoms in total. The van der Waals surface area contributed by atoms with Gasteiger partial charge in [-0.15, -0.1) is 10.2 Å². The number of halogens is 1. The number of hydrogen-bond donors (Lipinski definition) is 1. The molecule has 0 saturated carbocycles. The standard InChI is InChI=1S/C22H25BrN4OS/c1-4-10-27-19(13-17-8-6-5-7-9-17)25-26-22(27)29-14-20(28)24-21-15(2)11-18(23)12-16(21)3/h5-9,11-12H,4,10,13-14H2,1-3H3,(H,24,28). The highest BCUT2D eigenvalue weighted by Gasteiger charge is 2.15. The molecule has 0 atom stereocenters. The highest BCUT2D eigenvalue weighted by atomic mass is 79.9. The van der Waals surface area contributed by atoms with E-state index in [1.165, 1.54) is 17.3 Å². The zero-order valence-electron chi connectivity index (χ0n) is 16.9. The molecule has 3 aromatic rings. The van der Waals surface area contributed by atoms with Crippen LogP contribution in [0.15, 0.2) is 52.1 Å². The summed E-state index contributed by atoms with van der Waals surface area (Å²) in [5.74, 6) is 1.18. The van der Waals surface area contributed by atoms with Gasteiger partial charge in [0.2, 0.25) is 5.91 Å². The van der Waals surface area contributed by atoms with Gasteiger partial charge in [0.25, 0.3) is 0 Å². The van der Waals surface area contributed by atoms with Crippen LogP contribution in [0.4, 0.5) is 5.69 Å². The van der Waals surface area contributed by atoms with Crippen molar-refractivity contribution in [3.63, 3.8) is 0 Å². The Bertz CT molecular complexity index is 965. The highest BCUT2D eigenvalue weighted by molar-refractivity contribution is 9.10. The van der Waals surface area contributed by atoms with Crippen molar-refractivity contribution in [2.24, 2.45) is 0 Å². The first-order chi connectivity index (χ1) is 14.0. The lowest BCUT2D eigenvalue weighted by Crippen LogP contribution is -2.16. The Morgan fingerprint density at radius 3 is 2.48 bits per heavy atom. The predicted octanol–water partition coefficient (Wildman–Crippen LogP) is 5.39. The summed E-state index contributed by atoms with van der Waals surface area (Å²) >= 11 is 4.92. The van der Waals surface area contributed by atoms with Gasteiger partial charge in [0.15, 0.2) is 5.16 Å². The number of nitrogens with zero attached hydrogens (tertiary/aromatic N) is 3. The van der Waals surface area contributed by atoms with E-state index in [2.05, 4.69) is 55.1 Å². The number of nitrogens with one attached hydrogen (secondary N) is 1. The molecule has 3 rings (SSSR count). The third-order valence-electron chi connectivity index (χ3n) is 4.54. The van der Waals surface area contributed by atoms with E-state index < -0.39 is 0 Å². The maximum absolute atomic E-state index is 12.5. The van der Waals surface area contributed by atoms with Crippen LogP contribution in [-0.4, -0.2) is 26.4 Å². The van der Waals surface area contributed by atoms with Crippen molar-refractivity contribution in [1.82, 2.24) is 14.8 Å². The Morgan fingerprint density at radius 2 is 1.83 bits per heavy atom. The SMILES string of the molecule is CCCn1c(Cc2ccccc2)nnc1SCC(=O)Nc1c(C)cc(Br)cc1C. The molecule has 1 aromatic heterocycles. The van der Waals surface area contributed by atoms with E-state index >= 15 is 0 Å². The predicted molar refractivity (Wildman–Crippen MR) is 123 cm³/mol. The van der Waals surface area contributed by atoms with Gasteiger partial charge in [-0.05, 0) is 49.1 Å². The van der Waals surface area contributed by atoms with E-state index in [0.717, 1.165) is 51.7 Å². The Labute approximate surface area is 184 Å². The molecule has 0 spiro atoms. The number of rotatable bonds is 8. The maximum atomic E-state index is 12.5. The van der Waals surface area contributed by atoms with Gasteiger partial charge in [0.1, 0.15) is 5.82 Å². The molecular weight excluding hydrogens is 448 g/mol. The van der Waals surface area contributed by atoms with Crippen LogP contribution in [0.2, 0.25) is 0 Å². The third kappa shape index (κ3) is 5.70. The summed E-state index contributed by atoms with van der Waals surface area (Å²) in [5.41, 5.74) is 4.15. The maximum Gasteiger partial charge on any atom is 0.234 e. The van der Waals surface area contributed by atoms with Gasteiger partial charge in [0.05, 0.1) is 5.75 Å². The number of hydrogen-bond acceptors (Lipinski definition) is 4. The summed E-state index contributed by atoms with van der Waals surface area (Å²) in [4.78, 5) is 12.5.